The molecule has 0 aliphatic heterocycles. The standard InChI is InChI=1S/C12H13ClN2/c1-8-4-6-10(7-5-8)12-14-11(13)9(2)15(12)3/h4-7H,1-3H3. The van der Waals surface area contributed by atoms with Gasteiger partial charge in [0.2, 0.25) is 0 Å². The molecular weight excluding hydrogens is 208 g/mol. The summed E-state index contributed by atoms with van der Waals surface area (Å²) in [4.78, 5) is 4.34. The molecule has 0 atom stereocenters. The lowest BCUT2D eigenvalue weighted by atomic mass is 10.1. The number of halogens is 1. The average Bonchev–Trinajstić information content (AvgIpc) is 2.47. The molecule has 1 aromatic heterocycles. The topological polar surface area (TPSA) is 17.8 Å². The van der Waals surface area contributed by atoms with Crippen LogP contribution < -0.4 is 0 Å². The van der Waals surface area contributed by atoms with E-state index >= 15 is 0 Å². The molecular formula is C12H13ClN2. The first kappa shape index (κ1) is 10.2. The molecule has 0 bridgehead atoms. The lowest BCUT2D eigenvalue weighted by molar-refractivity contribution is 0.884. The Morgan fingerprint density at radius 2 is 1.73 bits per heavy atom. The van der Waals surface area contributed by atoms with Crippen LogP contribution in [0.15, 0.2) is 24.3 Å². The van der Waals surface area contributed by atoms with Gasteiger partial charge in [0.1, 0.15) is 5.82 Å². The Morgan fingerprint density at radius 3 is 2.20 bits per heavy atom. The Hall–Kier alpha value is -1.28. The van der Waals surface area contributed by atoms with E-state index in [9.17, 15) is 0 Å². The third-order valence-corrected chi connectivity index (χ3v) is 2.99. The van der Waals surface area contributed by atoms with Gasteiger partial charge >= 0.3 is 0 Å². The van der Waals surface area contributed by atoms with E-state index in [1.54, 1.807) is 0 Å². The zero-order valence-electron chi connectivity index (χ0n) is 9.08. The average molecular weight is 221 g/mol. The Balaban J connectivity index is 2.54. The molecule has 0 saturated heterocycles. The Bertz CT molecular complexity index is 483. The van der Waals surface area contributed by atoms with Crippen LogP contribution in [0.4, 0.5) is 0 Å². The number of rotatable bonds is 1. The first-order valence-electron chi connectivity index (χ1n) is 4.85. The van der Waals surface area contributed by atoms with Gasteiger partial charge in [-0.25, -0.2) is 4.98 Å². The van der Waals surface area contributed by atoms with Crippen LogP contribution in [0, 0.1) is 13.8 Å². The van der Waals surface area contributed by atoms with Crippen LogP contribution in [-0.2, 0) is 7.05 Å². The van der Waals surface area contributed by atoms with Gasteiger partial charge < -0.3 is 4.57 Å². The van der Waals surface area contributed by atoms with Crippen LogP contribution in [-0.4, -0.2) is 9.55 Å². The molecule has 0 aliphatic carbocycles. The van der Waals surface area contributed by atoms with Crippen molar-refractivity contribution in [3.8, 4) is 11.4 Å². The van der Waals surface area contributed by atoms with Gasteiger partial charge in [0, 0.05) is 12.6 Å². The van der Waals surface area contributed by atoms with Crippen molar-refractivity contribution in [1.29, 1.82) is 0 Å². The van der Waals surface area contributed by atoms with Gasteiger partial charge in [-0.1, -0.05) is 41.4 Å². The highest BCUT2D eigenvalue weighted by atomic mass is 35.5. The fourth-order valence-corrected chi connectivity index (χ4v) is 1.71. The van der Waals surface area contributed by atoms with Crippen LogP contribution in [0.1, 0.15) is 11.3 Å². The monoisotopic (exact) mass is 220 g/mol. The van der Waals surface area contributed by atoms with E-state index < -0.39 is 0 Å². The van der Waals surface area contributed by atoms with Crippen molar-refractivity contribution < 1.29 is 0 Å². The molecule has 15 heavy (non-hydrogen) atoms. The van der Waals surface area contributed by atoms with Crippen molar-refractivity contribution in [2.45, 2.75) is 13.8 Å². The number of aryl methyl sites for hydroxylation is 1. The molecule has 0 radical (unpaired) electrons. The van der Waals surface area contributed by atoms with Gasteiger partial charge in [-0.05, 0) is 13.8 Å². The van der Waals surface area contributed by atoms with Crippen molar-refractivity contribution in [2.24, 2.45) is 7.05 Å². The summed E-state index contributed by atoms with van der Waals surface area (Å²) in [6, 6.07) is 8.28. The second-order valence-corrected chi connectivity index (χ2v) is 4.09. The van der Waals surface area contributed by atoms with E-state index in [0.29, 0.717) is 5.15 Å². The third-order valence-electron chi connectivity index (χ3n) is 2.63. The quantitative estimate of drug-likeness (QED) is 0.721. The fraction of sp³-hybridized carbons (Fsp3) is 0.250. The highest BCUT2D eigenvalue weighted by molar-refractivity contribution is 6.30. The maximum atomic E-state index is 5.98. The van der Waals surface area contributed by atoms with Crippen molar-refractivity contribution >= 4 is 11.6 Å². The van der Waals surface area contributed by atoms with Gasteiger partial charge in [0.05, 0.1) is 5.69 Å². The highest BCUT2D eigenvalue weighted by Crippen LogP contribution is 2.23. The van der Waals surface area contributed by atoms with Crippen LogP contribution in [0.25, 0.3) is 11.4 Å². The molecule has 0 N–H and O–H groups in total. The number of nitrogens with zero attached hydrogens (tertiary/aromatic N) is 2. The van der Waals surface area contributed by atoms with Crippen molar-refractivity contribution in [3.63, 3.8) is 0 Å². The summed E-state index contributed by atoms with van der Waals surface area (Å²) in [5, 5.41) is 0.577. The normalized spacial score (nSPS) is 10.7. The Morgan fingerprint density at radius 1 is 1.13 bits per heavy atom. The minimum atomic E-state index is 0.577. The van der Waals surface area contributed by atoms with Crippen LogP contribution in [0.3, 0.4) is 0 Å². The number of hydrogen-bond donors (Lipinski definition) is 0. The zero-order valence-corrected chi connectivity index (χ0v) is 9.84. The maximum absolute atomic E-state index is 5.98. The third kappa shape index (κ3) is 1.77. The smallest absolute Gasteiger partial charge is 0.150 e. The predicted molar refractivity (Wildman–Crippen MR) is 63.1 cm³/mol. The molecule has 0 spiro atoms. The second-order valence-electron chi connectivity index (χ2n) is 3.74. The minimum absolute atomic E-state index is 0.577. The Kier molecular flexibility index (Phi) is 2.53. The lowest BCUT2D eigenvalue weighted by Gasteiger charge is -2.03. The summed E-state index contributed by atoms with van der Waals surface area (Å²) >= 11 is 5.98. The zero-order chi connectivity index (χ0) is 11.0. The fourth-order valence-electron chi connectivity index (χ4n) is 1.51. The number of aromatic nitrogens is 2. The van der Waals surface area contributed by atoms with Crippen molar-refractivity contribution in [1.82, 2.24) is 9.55 Å². The first-order valence-corrected chi connectivity index (χ1v) is 5.23. The SMILES string of the molecule is Cc1ccc(-c2nc(Cl)c(C)n2C)cc1. The summed E-state index contributed by atoms with van der Waals surface area (Å²) in [5.74, 6) is 0.914. The Labute approximate surface area is 94.5 Å². The molecule has 2 nitrogen and oxygen atoms in total. The summed E-state index contributed by atoms with van der Waals surface area (Å²) in [6.45, 7) is 4.04. The van der Waals surface area contributed by atoms with Gasteiger partial charge in [-0.2, -0.15) is 0 Å². The molecule has 0 unspecified atom stereocenters. The predicted octanol–water partition coefficient (Wildman–Crippen LogP) is 3.36. The molecule has 0 aliphatic rings. The summed E-state index contributed by atoms with van der Waals surface area (Å²) in [5.41, 5.74) is 3.33. The van der Waals surface area contributed by atoms with Crippen LogP contribution in [0.2, 0.25) is 5.15 Å². The van der Waals surface area contributed by atoms with Gasteiger partial charge in [-0.15, -0.1) is 0 Å². The van der Waals surface area contributed by atoms with E-state index in [1.807, 2.05) is 18.5 Å². The van der Waals surface area contributed by atoms with Crippen LogP contribution >= 0.6 is 11.6 Å². The maximum Gasteiger partial charge on any atom is 0.150 e. The van der Waals surface area contributed by atoms with E-state index in [1.165, 1.54) is 5.56 Å². The van der Waals surface area contributed by atoms with Gasteiger partial charge in [-0.3, -0.25) is 0 Å². The van der Waals surface area contributed by atoms with Crippen molar-refractivity contribution in [2.75, 3.05) is 0 Å². The summed E-state index contributed by atoms with van der Waals surface area (Å²) in [6.07, 6.45) is 0. The molecule has 0 saturated carbocycles. The first-order chi connectivity index (χ1) is 7.09. The molecule has 0 fully saturated rings. The lowest BCUT2D eigenvalue weighted by Crippen LogP contribution is -1.94. The van der Waals surface area contributed by atoms with Gasteiger partial charge in [0.15, 0.2) is 5.15 Å². The summed E-state index contributed by atoms with van der Waals surface area (Å²) in [7, 11) is 1.98. The number of hydrogen-bond acceptors (Lipinski definition) is 1. The molecule has 78 valence electrons. The molecule has 1 aromatic carbocycles. The summed E-state index contributed by atoms with van der Waals surface area (Å²) < 4.78 is 2.01. The molecule has 3 heteroatoms. The minimum Gasteiger partial charge on any atom is -0.330 e. The number of imidazole rings is 1. The van der Waals surface area contributed by atoms with Crippen molar-refractivity contribution in [3.05, 3.63) is 40.7 Å². The number of benzene rings is 1. The van der Waals surface area contributed by atoms with E-state index in [4.69, 9.17) is 11.6 Å². The highest BCUT2D eigenvalue weighted by Gasteiger charge is 2.10. The van der Waals surface area contributed by atoms with E-state index in [2.05, 4.69) is 36.2 Å². The van der Waals surface area contributed by atoms with E-state index in [-0.39, 0.29) is 0 Å². The van der Waals surface area contributed by atoms with E-state index in [0.717, 1.165) is 17.1 Å². The molecule has 2 aromatic rings. The molecule has 2 rings (SSSR count). The molecule has 1 heterocycles. The van der Waals surface area contributed by atoms with Crippen LogP contribution in [0.5, 0.6) is 0 Å². The van der Waals surface area contributed by atoms with Gasteiger partial charge in [0.25, 0.3) is 0 Å². The second kappa shape index (κ2) is 3.70. The molecule has 0 amide bonds. The largest absolute Gasteiger partial charge is 0.330 e.